The van der Waals surface area contributed by atoms with Crippen molar-refractivity contribution in [2.45, 2.75) is 71.0 Å². The van der Waals surface area contributed by atoms with Gasteiger partial charge < -0.3 is 10.2 Å². The van der Waals surface area contributed by atoms with Crippen molar-refractivity contribution in [2.24, 2.45) is 28.6 Å². The van der Waals surface area contributed by atoms with Crippen molar-refractivity contribution in [3.05, 3.63) is 47.8 Å². The van der Waals surface area contributed by atoms with E-state index < -0.39 is 0 Å². The Bertz CT molecular complexity index is 815. The predicted octanol–water partition coefficient (Wildman–Crippen LogP) is 4.76. The van der Waals surface area contributed by atoms with Crippen LogP contribution in [-0.4, -0.2) is 27.4 Å². The highest BCUT2D eigenvalue weighted by Crippen LogP contribution is 2.67. The Balaban J connectivity index is 1.54. The molecule has 1 aromatic heterocycles. The molecule has 0 saturated heterocycles. The molecular formula is C25H33NO2. The van der Waals surface area contributed by atoms with Crippen LogP contribution in [0.5, 0.6) is 0 Å². The maximum absolute atomic E-state index is 11.3. The summed E-state index contributed by atoms with van der Waals surface area (Å²) in [6.45, 7) is 4.75. The molecule has 7 unspecified atom stereocenters. The molecule has 4 aliphatic carbocycles. The second-order valence-electron chi connectivity index (χ2n) is 9.93. The number of pyridine rings is 1. The Morgan fingerprint density at radius 3 is 2.79 bits per heavy atom. The van der Waals surface area contributed by atoms with E-state index in [2.05, 4.69) is 37.0 Å². The van der Waals surface area contributed by atoms with Gasteiger partial charge in [-0.3, -0.25) is 4.98 Å². The zero-order chi connectivity index (χ0) is 19.5. The van der Waals surface area contributed by atoms with Gasteiger partial charge in [-0.2, -0.15) is 0 Å². The molecule has 3 nitrogen and oxygen atoms in total. The van der Waals surface area contributed by atoms with E-state index in [0.29, 0.717) is 17.8 Å². The lowest BCUT2D eigenvalue weighted by molar-refractivity contribution is -0.0781. The lowest BCUT2D eigenvalue weighted by atomic mass is 9.46. The van der Waals surface area contributed by atoms with E-state index >= 15 is 0 Å². The number of aromatic nitrogens is 1. The van der Waals surface area contributed by atoms with E-state index in [4.69, 9.17) is 0 Å². The molecule has 2 fully saturated rings. The van der Waals surface area contributed by atoms with Crippen LogP contribution in [0.3, 0.4) is 0 Å². The zero-order valence-corrected chi connectivity index (χ0v) is 17.1. The number of fused-ring (bicyclic) bond motifs is 5. The van der Waals surface area contributed by atoms with Crippen LogP contribution < -0.4 is 0 Å². The highest BCUT2D eigenvalue weighted by molar-refractivity contribution is 5.72. The van der Waals surface area contributed by atoms with Crippen molar-refractivity contribution in [1.29, 1.82) is 0 Å². The van der Waals surface area contributed by atoms with Crippen LogP contribution in [0, 0.1) is 28.6 Å². The van der Waals surface area contributed by atoms with Crippen LogP contribution in [0.1, 0.15) is 64.4 Å². The summed E-state index contributed by atoms with van der Waals surface area (Å²) in [6, 6.07) is 4.24. The fourth-order valence-corrected chi connectivity index (χ4v) is 7.60. The number of hydrogen-bond donors (Lipinski definition) is 2. The van der Waals surface area contributed by atoms with E-state index in [1.54, 1.807) is 0 Å². The second-order valence-corrected chi connectivity index (χ2v) is 9.93. The number of rotatable bonds is 2. The monoisotopic (exact) mass is 379 g/mol. The van der Waals surface area contributed by atoms with Gasteiger partial charge in [0, 0.05) is 12.4 Å². The van der Waals surface area contributed by atoms with Gasteiger partial charge in [0.25, 0.3) is 0 Å². The number of nitrogens with zero attached hydrogens (tertiary/aromatic N) is 1. The van der Waals surface area contributed by atoms with Gasteiger partial charge in [0.2, 0.25) is 0 Å². The first kappa shape index (κ1) is 18.6. The Morgan fingerprint density at radius 2 is 2.04 bits per heavy atom. The molecule has 2 saturated carbocycles. The fourth-order valence-electron chi connectivity index (χ4n) is 7.60. The van der Waals surface area contributed by atoms with E-state index in [1.165, 1.54) is 29.6 Å². The molecule has 0 aliphatic heterocycles. The van der Waals surface area contributed by atoms with Crippen LogP contribution in [0.25, 0.3) is 5.57 Å². The Kier molecular flexibility index (Phi) is 4.33. The molecule has 0 spiro atoms. The Labute approximate surface area is 168 Å². The molecule has 1 heterocycles. The highest BCUT2D eigenvalue weighted by atomic mass is 16.3. The van der Waals surface area contributed by atoms with Crippen LogP contribution in [0.2, 0.25) is 0 Å². The molecule has 1 aromatic rings. The smallest absolute Gasteiger partial charge is 0.0757 e. The van der Waals surface area contributed by atoms with Crippen molar-refractivity contribution in [2.75, 3.05) is 0 Å². The maximum Gasteiger partial charge on any atom is 0.0757 e. The van der Waals surface area contributed by atoms with Gasteiger partial charge in [0.15, 0.2) is 0 Å². The van der Waals surface area contributed by atoms with Crippen molar-refractivity contribution >= 4 is 5.57 Å². The van der Waals surface area contributed by atoms with Gasteiger partial charge in [0.05, 0.1) is 12.2 Å². The lowest BCUT2D eigenvalue weighted by Gasteiger charge is -2.59. The summed E-state index contributed by atoms with van der Waals surface area (Å²) in [5, 5.41) is 21.5. The van der Waals surface area contributed by atoms with Crippen molar-refractivity contribution in [3.63, 3.8) is 0 Å². The first-order valence-electron chi connectivity index (χ1n) is 11.2. The summed E-state index contributed by atoms with van der Waals surface area (Å²) in [4.78, 5) is 4.38. The van der Waals surface area contributed by atoms with Gasteiger partial charge in [-0.05, 0) is 90.7 Å². The lowest BCUT2D eigenvalue weighted by Crippen LogP contribution is -2.54. The molecule has 150 valence electrons. The molecule has 3 heteroatoms. The highest BCUT2D eigenvalue weighted by Gasteiger charge is 2.59. The Morgan fingerprint density at radius 1 is 1.18 bits per heavy atom. The zero-order valence-electron chi connectivity index (χ0n) is 17.1. The molecular weight excluding hydrogens is 346 g/mol. The van der Waals surface area contributed by atoms with Crippen LogP contribution in [0.4, 0.5) is 0 Å². The first-order valence-corrected chi connectivity index (χ1v) is 11.2. The average molecular weight is 380 g/mol. The van der Waals surface area contributed by atoms with Crippen LogP contribution >= 0.6 is 0 Å². The number of aliphatic hydroxyl groups is 2. The van der Waals surface area contributed by atoms with E-state index in [9.17, 15) is 10.2 Å². The van der Waals surface area contributed by atoms with Crippen LogP contribution in [0.15, 0.2) is 42.3 Å². The van der Waals surface area contributed by atoms with Crippen molar-refractivity contribution in [1.82, 2.24) is 4.98 Å². The summed E-state index contributed by atoms with van der Waals surface area (Å²) in [5.74, 6) is 1.35. The molecule has 28 heavy (non-hydrogen) atoms. The fraction of sp³-hybridized carbons (Fsp3) is 0.640. The number of aliphatic hydroxyl groups excluding tert-OH is 2. The minimum atomic E-state index is -0.378. The van der Waals surface area contributed by atoms with E-state index in [0.717, 1.165) is 32.1 Å². The minimum absolute atomic E-state index is 0.153. The summed E-state index contributed by atoms with van der Waals surface area (Å²) < 4.78 is 0. The van der Waals surface area contributed by atoms with Crippen LogP contribution in [-0.2, 0) is 0 Å². The number of allylic oxidation sites excluding steroid dienone is 2. The molecule has 0 amide bonds. The largest absolute Gasteiger partial charge is 0.393 e. The second kappa shape index (κ2) is 6.53. The SMILES string of the molecule is CCC12CCC3C(C(O)C=C4CC(O)CCC43C)C1CC=C2c1cccnc1. The van der Waals surface area contributed by atoms with Crippen molar-refractivity contribution < 1.29 is 10.2 Å². The van der Waals surface area contributed by atoms with E-state index in [1.807, 2.05) is 18.5 Å². The molecule has 2 N–H and O–H groups in total. The molecule has 5 rings (SSSR count). The molecule has 0 aromatic carbocycles. The molecule has 0 radical (unpaired) electrons. The standard InChI is InChI=1S/C25H33NO2/c1-3-25-11-9-20-23(21(25)7-6-19(25)16-5-4-12-26-15-16)22(28)14-17-13-18(27)8-10-24(17,20)2/h4-6,12,14-15,18,20-23,27-28H,3,7-11,13H2,1-2H3. The minimum Gasteiger partial charge on any atom is -0.393 e. The summed E-state index contributed by atoms with van der Waals surface area (Å²) in [7, 11) is 0. The summed E-state index contributed by atoms with van der Waals surface area (Å²) >= 11 is 0. The van der Waals surface area contributed by atoms with Gasteiger partial charge in [-0.15, -0.1) is 0 Å². The van der Waals surface area contributed by atoms with Gasteiger partial charge in [-0.1, -0.05) is 37.6 Å². The third-order valence-electron chi connectivity index (χ3n) is 9.03. The molecule has 7 atom stereocenters. The van der Waals surface area contributed by atoms with Gasteiger partial charge in [0.1, 0.15) is 0 Å². The topological polar surface area (TPSA) is 53.4 Å². The summed E-state index contributed by atoms with van der Waals surface area (Å²) in [6.07, 6.45) is 15.1. The normalized spacial score (nSPS) is 44.8. The molecule has 4 aliphatic rings. The number of hydrogen-bond acceptors (Lipinski definition) is 3. The first-order chi connectivity index (χ1) is 13.5. The Hall–Kier alpha value is -1.45. The van der Waals surface area contributed by atoms with Gasteiger partial charge in [-0.25, -0.2) is 0 Å². The predicted molar refractivity (Wildman–Crippen MR) is 111 cm³/mol. The third kappa shape index (κ3) is 2.45. The van der Waals surface area contributed by atoms with Crippen molar-refractivity contribution in [3.8, 4) is 0 Å². The van der Waals surface area contributed by atoms with Gasteiger partial charge >= 0.3 is 0 Å². The average Bonchev–Trinajstić information content (AvgIpc) is 3.10. The third-order valence-corrected chi connectivity index (χ3v) is 9.03. The quantitative estimate of drug-likeness (QED) is 0.729. The summed E-state index contributed by atoms with van der Waals surface area (Å²) in [5.41, 5.74) is 4.38. The molecule has 0 bridgehead atoms. The maximum atomic E-state index is 11.3. The van der Waals surface area contributed by atoms with E-state index in [-0.39, 0.29) is 23.0 Å².